The zero-order valence-electron chi connectivity index (χ0n) is 13.0. The van der Waals surface area contributed by atoms with Crippen molar-refractivity contribution in [3.05, 3.63) is 27.6 Å². The second-order valence-corrected chi connectivity index (χ2v) is 8.57. The number of rotatable bonds is 6. The highest BCUT2D eigenvalue weighted by Gasteiger charge is 2.28. The number of hydrogen-bond acceptors (Lipinski definition) is 2. The van der Waals surface area contributed by atoms with Gasteiger partial charge in [0.25, 0.3) is 0 Å². The quantitative estimate of drug-likeness (QED) is 0.417. The normalized spacial score (nSPS) is 13.8. The van der Waals surface area contributed by atoms with E-state index in [-0.39, 0.29) is 10.1 Å². The van der Waals surface area contributed by atoms with Gasteiger partial charge in [0.1, 0.15) is 5.82 Å². The lowest BCUT2D eigenvalue weighted by Crippen LogP contribution is -2.29. The largest absolute Gasteiger partial charge is 0.325 e. The van der Waals surface area contributed by atoms with E-state index in [4.69, 9.17) is 16.6 Å². The van der Waals surface area contributed by atoms with Crippen molar-refractivity contribution in [2.24, 2.45) is 0 Å². The number of imidazole rings is 1. The predicted molar refractivity (Wildman–Crippen MR) is 104 cm³/mol. The van der Waals surface area contributed by atoms with E-state index in [9.17, 15) is 0 Å². The van der Waals surface area contributed by atoms with Gasteiger partial charge in [0.15, 0.2) is 0 Å². The average molecular weight is 437 g/mol. The van der Waals surface area contributed by atoms with Crippen LogP contribution in [0.15, 0.2) is 18.2 Å². The van der Waals surface area contributed by atoms with Crippen molar-refractivity contribution in [3.8, 4) is 0 Å². The Bertz CT molecular complexity index is 612. The summed E-state index contributed by atoms with van der Waals surface area (Å²) in [7, 11) is 0. The SMILES string of the molecule is CCC(CC)(Cn1c(C(C)Cl)nc2cc(I)ccc21)SC. The summed E-state index contributed by atoms with van der Waals surface area (Å²) in [6.45, 7) is 7.51. The molecule has 0 radical (unpaired) electrons. The summed E-state index contributed by atoms with van der Waals surface area (Å²) >= 11 is 10.7. The zero-order chi connectivity index (χ0) is 15.6. The third kappa shape index (κ3) is 3.53. The lowest BCUT2D eigenvalue weighted by molar-refractivity contribution is 0.463. The standard InChI is InChI=1S/C16H22ClIN2S/c1-5-16(6-2,21-4)10-20-14-8-7-12(18)9-13(14)19-15(20)11(3)17/h7-9,11H,5-6,10H2,1-4H3. The monoisotopic (exact) mass is 436 g/mol. The highest BCUT2D eigenvalue weighted by atomic mass is 127. The minimum Gasteiger partial charge on any atom is -0.325 e. The number of nitrogens with zero attached hydrogens (tertiary/aromatic N) is 2. The Balaban J connectivity index is 2.57. The number of aromatic nitrogens is 2. The van der Waals surface area contributed by atoms with Crippen molar-refractivity contribution >= 4 is 57.0 Å². The summed E-state index contributed by atoms with van der Waals surface area (Å²) in [5.74, 6) is 0.981. The second kappa shape index (κ2) is 7.09. The van der Waals surface area contributed by atoms with E-state index >= 15 is 0 Å². The van der Waals surface area contributed by atoms with Crippen LogP contribution in [0.1, 0.15) is 44.8 Å². The van der Waals surface area contributed by atoms with E-state index in [0.717, 1.165) is 30.7 Å². The van der Waals surface area contributed by atoms with E-state index < -0.39 is 0 Å². The summed E-state index contributed by atoms with van der Waals surface area (Å²) in [5.41, 5.74) is 2.24. The summed E-state index contributed by atoms with van der Waals surface area (Å²) in [6, 6.07) is 6.44. The van der Waals surface area contributed by atoms with Crippen molar-refractivity contribution in [2.45, 2.75) is 50.3 Å². The van der Waals surface area contributed by atoms with Gasteiger partial charge in [-0.3, -0.25) is 0 Å². The number of alkyl halides is 1. The minimum atomic E-state index is -0.0803. The van der Waals surface area contributed by atoms with Crippen molar-refractivity contribution in [3.63, 3.8) is 0 Å². The van der Waals surface area contributed by atoms with E-state index in [1.54, 1.807) is 0 Å². The van der Waals surface area contributed by atoms with Crippen LogP contribution in [0.5, 0.6) is 0 Å². The molecule has 21 heavy (non-hydrogen) atoms. The molecule has 2 nitrogen and oxygen atoms in total. The van der Waals surface area contributed by atoms with E-state index in [0.29, 0.717) is 0 Å². The van der Waals surface area contributed by atoms with Gasteiger partial charge in [0, 0.05) is 14.9 Å². The van der Waals surface area contributed by atoms with E-state index in [1.807, 2.05) is 18.7 Å². The zero-order valence-corrected chi connectivity index (χ0v) is 16.7. The van der Waals surface area contributed by atoms with Gasteiger partial charge in [-0.2, -0.15) is 11.8 Å². The first-order valence-corrected chi connectivity index (χ1v) is 10.0. The summed E-state index contributed by atoms with van der Waals surface area (Å²) < 4.78 is 3.78. The molecule has 0 aliphatic carbocycles. The Labute approximate surface area is 150 Å². The van der Waals surface area contributed by atoms with Crippen LogP contribution in [0.4, 0.5) is 0 Å². The molecule has 0 N–H and O–H groups in total. The van der Waals surface area contributed by atoms with Crippen molar-refractivity contribution in [2.75, 3.05) is 6.26 Å². The molecular formula is C16H22ClIN2S. The van der Waals surface area contributed by atoms with Gasteiger partial charge in [0.2, 0.25) is 0 Å². The van der Waals surface area contributed by atoms with Crippen LogP contribution in [0, 0.1) is 3.57 Å². The van der Waals surface area contributed by atoms with Crippen molar-refractivity contribution < 1.29 is 0 Å². The second-order valence-electron chi connectivity index (χ2n) is 5.40. The molecule has 0 saturated heterocycles. The summed E-state index contributed by atoms with van der Waals surface area (Å²) in [6.07, 6.45) is 4.49. The Hall–Kier alpha value is 0.0600. The molecule has 1 unspecified atom stereocenters. The van der Waals surface area contributed by atoms with Gasteiger partial charge in [-0.05, 0) is 66.8 Å². The van der Waals surface area contributed by atoms with Crippen LogP contribution in [-0.4, -0.2) is 20.6 Å². The molecule has 0 aliphatic rings. The van der Waals surface area contributed by atoms with Crippen LogP contribution in [-0.2, 0) is 6.54 Å². The van der Waals surface area contributed by atoms with Gasteiger partial charge < -0.3 is 4.57 Å². The molecule has 1 heterocycles. The number of hydrogen-bond donors (Lipinski definition) is 0. The molecule has 116 valence electrons. The highest BCUT2D eigenvalue weighted by molar-refractivity contribution is 14.1. The third-order valence-corrected chi connectivity index (χ3v) is 6.70. The fourth-order valence-electron chi connectivity index (χ4n) is 2.71. The third-order valence-electron chi connectivity index (χ3n) is 4.26. The van der Waals surface area contributed by atoms with Gasteiger partial charge >= 0.3 is 0 Å². The Kier molecular flexibility index (Phi) is 5.88. The lowest BCUT2D eigenvalue weighted by Gasteiger charge is -2.31. The molecule has 0 fully saturated rings. The van der Waals surface area contributed by atoms with Gasteiger partial charge in [-0.15, -0.1) is 11.6 Å². The number of benzene rings is 1. The first-order chi connectivity index (χ1) is 9.96. The smallest absolute Gasteiger partial charge is 0.127 e. The number of thioether (sulfide) groups is 1. The maximum absolute atomic E-state index is 6.39. The van der Waals surface area contributed by atoms with Crippen molar-refractivity contribution in [1.29, 1.82) is 0 Å². The topological polar surface area (TPSA) is 17.8 Å². The lowest BCUT2D eigenvalue weighted by atomic mass is 10.0. The van der Waals surface area contributed by atoms with Crippen LogP contribution >= 0.6 is 46.0 Å². The molecule has 0 amide bonds. The van der Waals surface area contributed by atoms with Gasteiger partial charge in [-0.1, -0.05) is 13.8 Å². The average Bonchev–Trinajstić information content (AvgIpc) is 2.82. The van der Waals surface area contributed by atoms with Crippen LogP contribution in [0.25, 0.3) is 11.0 Å². The fourth-order valence-corrected chi connectivity index (χ4v) is 4.18. The number of halogens is 2. The molecule has 1 aromatic carbocycles. The van der Waals surface area contributed by atoms with Crippen LogP contribution in [0.2, 0.25) is 0 Å². The Morgan fingerprint density at radius 2 is 2.05 bits per heavy atom. The number of fused-ring (bicyclic) bond motifs is 1. The molecular weight excluding hydrogens is 415 g/mol. The molecule has 0 spiro atoms. The minimum absolute atomic E-state index is 0.0803. The van der Waals surface area contributed by atoms with Crippen LogP contribution < -0.4 is 0 Å². The Morgan fingerprint density at radius 1 is 1.38 bits per heavy atom. The molecule has 0 aliphatic heterocycles. The first-order valence-electron chi connectivity index (χ1n) is 7.31. The molecule has 0 bridgehead atoms. The van der Waals surface area contributed by atoms with Gasteiger partial charge in [0.05, 0.1) is 16.4 Å². The molecule has 0 saturated carbocycles. The first kappa shape index (κ1) is 17.4. The summed E-state index contributed by atoms with van der Waals surface area (Å²) in [4.78, 5) is 4.78. The van der Waals surface area contributed by atoms with E-state index in [2.05, 4.69) is 65.5 Å². The van der Waals surface area contributed by atoms with Crippen molar-refractivity contribution in [1.82, 2.24) is 9.55 Å². The summed E-state index contributed by atoms with van der Waals surface area (Å²) in [5, 5.41) is -0.0803. The maximum atomic E-state index is 6.39. The molecule has 1 aromatic heterocycles. The molecule has 2 aromatic rings. The highest BCUT2D eigenvalue weighted by Crippen LogP contribution is 2.35. The molecule has 5 heteroatoms. The fraction of sp³-hybridized carbons (Fsp3) is 0.562. The molecule has 1 atom stereocenters. The predicted octanol–water partition coefficient (Wildman–Crippen LogP) is 5.86. The van der Waals surface area contributed by atoms with E-state index in [1.165, 1.54) is 9.09 Å². The van der Waals surface area contributed by atoms with Crippen LogP contribution in [0.3, 0.4) is 0 Å². The van der Waals surface area contributed by atoms with Gasteiger partial charge in [-0.25, -0.2) is 4.98 Å². The molecule has 2 rings (SSSR count). The Morgan fingerprint density at radius 3 is 2.57 bits per heavy atom. The maximum Gasteiger partial charge on any atom is 0.127 e.